The van der Waals surface area contributed by atoms with Gasteiger partial charge in [-0.25, -0.2) is 0 Å². The van der Waals surface area contributed by atoms with Gasteiger partial charge in [0.25, 0.3) is 0 Å². The molecule has 0 saturated carbocycles. The zero-order chi connectivity index (χ0) is 18.7. The second-order valence-electron chi connectivity index (χ2n) is 6.36. The summed E-state index contributed by atoms with van der Waals surface area (Å²) in [6, 6.07) is 14.4. The van der Waals surface area contributed by atoms with Crippen LogP contribution in [0.5, 0.6) is 5.75 Å². The molecule has 1 aliphatic rings. The maximum absolute atomic E-state index is 11.1. The summed E-state index contributed by atoms with van der Waals surface area (Å²) in [5, 5.41) is 29.3. The van der Waals surface area contributed by atoms with Gasteiger partial charge in [0.15, 0.2) is 5.54 Å². The summed E-state index contributed by atoms with van der Waals surface area (Å²) in [4.78, 5) is 0. The van der Waals surface area contributed by atoms with E-state index >= 15 is 0 Å². The zero-order valence-corrected chi connectivity index (χ0v) is 14.7. The second-order valence-corrected chi connectivity index (χ2v) is 6.36. The van der Waals surface area contributed by atoms with E-state index in [1.54, 1.807) is 24.3 Å². The number of aliphatic hydroxyl groups excluding tert-OH is 1. The highest BCUT2D eigenvalue weighted by atomic mass is 16.3. The maximum Gasteiger partial charge on any atom is 0.190 e. The fraction of sp³-hybridized carbons (Fsp3) is 0.182. The largest absolute Gasteiger partial charge is 0.506 e. The summed E-state index contributed by atoms with van der Waals surface area (Å²) in [5.41, 5.74) is 2.52. The average molecular weight is 344 g/mol. The Morgan fingerprint density at radius 2 is 1.77 bits per heavy atom. The van der Waals surface area contributed by atoms with Crippen molar-refractivity contribution in [1.82, 2.24) is 0 Å². The molecule has 1 aliphatic carbocycles. The number of benzene rings is 2. The predicted octanol–water partition coefficient (Wildman–Crippen LogP) is 4.56. The van der Waals surface area contributed by atoms with Gasteiger partial charge < -0.3 is 10.2 Å². The Balaban J connectivity index is 2.06. The Bertz CT molecular complexity index is 966. The van der Waals surface area contributed by atoms with Crippen molar-refractivity contribution in [1.29, 1.82) is 0 Å². The van der Waals surface area contributed by atoms with Crippen molar-refractivity contribution in [2.75, 3.05) is 0 Å². The lowest BCUT2D eigenvalue weighted by Gasteiger charge is -2.32. The first-order valence-electron chi connectivity index (χ1n) is 8.30. The molecule has 4 nitrogen and oxygen atoms in total. The van der Waals surface area contributed by atoms with Gasteiger partial charge in [0.2, 0.25) is 0 Å². The van der Waals surface area contributed by atoms with Crippen LogP contribution in [0.1, 0.15) is 18.1 Å². The number of aryl methyl sites for hydroxylation is 1. The minimum absolute atomic E-state index is 0.00379. The molecule has 3 rings (SSSR count). The van der Waals surface area contributed by atoms with E-state index < -0.39 is 11.6 Å². The molecule has 0 amide bonds. The number of hydrogen-bond donors (Lipinski definition) is 2. The standard InChI is InChI=1S/C22H20N2O2/c1-4-22(24-23-19-11-7-8-12-20(19)25)14-15(2)13-18(21(22)26)17-10-6-5-9-16(17)3/h1,5-14,21,25-26H,2-3H3. The van der Waals surface area contributed by atoms with Crippen LogP contribution in [0.2, 0.25) is 0 Å². The van der Waals surface area contributed by atoms with Gasteiger partial charge in [0, 0.05) is 0 Å². The van der Waals surface area contributed by atoms with Crippen LogP contribution in [-0.2, 0) is 0 Å². The summed E-state index contributed by atoms with van der Waals surface area (Å²) in [5.74, 6) is 2.60. The molecule has 2 aromatic rings. The van der Waals surface area contributed by atoms with Gasteiger partial charge in [-0.15, -0.1) is 6.42 Å². The van der Waals surface area contributed by atoms with E-state index in [1.165, 1.54) is 6.07 Å². The van der Waals surface area contributed by atoms with Crippen molar-refractivity contribution in [3.8, 4) is 18.1 Å². The number of phenols is 1. The third-order valence-electron chi connectivity index (χ3n) is 4.43. The van der Waals surface area contributed by atoms with Crippen molar-refractivity contribution >= 4 is 11.3 Å². The molecular formula is C22H20N2O2. The van der Waals surface area contributed by atoms with Gasteiger partial charge in [-0.1, -0.05) is 54.0 Å². The van der Waals surface area contributed by atoms with Crippen LogP contribution in [0.15, 0.2) is 76.5 Å². The van der Waals surface area contributed by atoms with Gasteiger partial charge in [0.1, 0.15) is 17.5 Å². The molecule has 0 saturated heterocycles. The Hall–Kier alpha value is -3.16. The first-order chi connectivity index (χ1) is 12.5. The van der Waals surface area contributed by atoms with Gasteiger partial charge in [-0.3, -0.25) is 0 Å². The van der Waals surface area contributed by atoms with Crippen LogP contribution in [0.25, 0.3) is 5.57 Å². The number of azo groups is 1. The van der Waals surface area contributed by atoms with Gasteiger partial charge in [-0.2, -0.15) is 10.2 Å². The lowest BCUT2D eigenvalue weighted by Crippen LogP contribution is -2.40. The molecule has 0 aromatic heterocycles. The maximum atomic E-state index is 11.1. The SMILES string of the molecule is C#CC1(N=Nc2ccccc2O)C=C(C)C=C(c2ccccc2C)C1O. The van der Waals surface area contributed by atoms with E-state index in [4.69, 9.17) is 6.42 Å². The highest BCUT2D eigenvalue weighted by Crippen LogP contribution is 2.38. The van der Waals surface area contributed by atoms with Crippen LogP contribution in [0, 0.1) is 19.3 Å². The summed E-state index contributed by atoms with van der Waals surface area (Å²) in [6.07, 6.45) is 8.36. The van der Waals surface area contributed by atoms with Crippen LogP contribution in [0.3, 0.4) is 0 Å². The normalized spacial score (nSPS) is 22.6. The minimum atomic E-state index is -1.33. The van der Waals surface area contributed by atoms with E-state index in [-0.39, 0.29) is 5.75 Å². The summed E-state index contributed by atoms with van der Waals surface area (Å²) in [7, 11) is 0. The molecule has 4 heteroatoms. The molecule has 2 atom stereocenters. The fourth-order valence-corrected chi connectivity index (χ4v) is 3.07. The highest BCUT2D eigenvalue weighted by Gasteiger charge is 2.40. The first-order valence-corrected chi connectivity index (χ1v) is 8.30. The number of phenolic OH excluding ortho intramolecular Hbond substituents is 1. The molecule has 2 N–H and O–H groups in total. The van der Waals surface area contributed by atoms with Gasteiger partial charge in [-0.05, 0) is 48.8 Å². The number of nitrogens with zero attached hydrogens (tertiary/aromatic N) is 2. The molecule has 0 bridgehead atoms. The molecule has 0 aliphatic heterocycles. The van der Waals surface area contributed by atoms with Crippen molar-refractivity contribution in [2.24, 2.45) is 10.2 Å². The minimum Gasteiger partial charge on any atom is -0.506 e. The molecule has 2 unspecified atom stereocenters. The molecule has 0 fully saturated rings. The number of para-hydroxylation sites is 1. The summed E-state index contributed by atoms with van der Waals surface area (Å²) in [6.45, 7) is 3.89. The highest BCUT2D eigenvalue weighted by molar-refractivity contribution is 5.77. The number of aliphatic hydroxyl groups is 1. The second kappa shape index (κ2) is 6.99. The molecule has 130 valence electrons. The number of hydrogen-bond acceptors (Lipinski definition) is 4. The average Bonchev–Trinajstić information content (AvgIpc) is 2.64. The Kier molecular flexibility index (Phi) is 4.75. The number of rotatable bonds is 3. The van der Waals surface area contributed by atoms with Crippen molar-refractivity contribution < 1.29 is 10.2 Å². The number of terminal acetylenes is 1. The monoisotopic (exact) mass is 344 g/mol. The quantitative estimate of drug-likeness (QED) is 0.633. The molecule has 26 heavy (non-hydrogen) atoms. The number of allylic oxidation sites excluding steroid dienone is 2. The summed E-state index contributed by atoms with van der Waals surface area (Å²) >= 11 is 0. The number of aromatic hydroxyl groups is 1. The lowest BCUT2D eigenvalue weighted by molar-refractivity contribution is 0.187. The zero-order valence-electron chi connectivity index (χ0n) is 14.7. The Labute approximate surface area is 153 Å². The van der Waals surface area contributed by atoms with E-state index in [2.05, 4.69) is 16.1 Å². The van der Waals surface area contributed by atoms with Gasteiger partial charge in [0.05, 0.1) is 0 Å². The van der Waals surface area contributed by atoms with Crippen LogP contribution in [-0.4, -0.2) is 21.9 Å². The third-order valence-corrected chi connectivity index (χ3v) is 4.43. The van der Waals surface area contributed by atoms with Crippen molar-refractivity contribution in [2.45, 2.75) is 25.5 Å². The Morgan fingerprint density at radius 3 is 2.46 bits per heavy atom. The molecule has 2 aromatic carbocycles. The van der Waals surface area contributed by atoms with E-state index in [0.717, 1.165) is 16.7 Å². The van der Waals surface area contributed by atoms with E-state index in [9.17, 15) is 10.2 Å². The summed E-state index contributed by atoms with van der Waals surface area (Å²) < 4.78 is 0. The predicted molar refractivity (Wildman–Crippen MR) is 103 cm³/mol. The lowest BCUT2D eigenvalue weighted by atomic mass is 9.79. The molecular weight excluding hydrogens is 324 g/mol. The molecule has 0 radical (unpaired) electrons. The first kappa shape index (κ1) is 17.7. The topological polar surface area (TPSA) is 65.2 Å². The van der Waals surface area contributed by atoms with Crippen LogP contribution >= 0.6 is 0 Å². The third kappa shape index (κ3) is 3.17. The Morgan fingerprint density at radius 1 is 1.08 bits per heavy atom. The fourth-order valence-electron chi connectivity index (χ4n) is 3.07. The van der Waals surface area contributed by atoms with Crippen molar-refractivity contribution in [3.05, 3.63) is 77.4 Å². The van der Waals surface area contributed by atoms with E-state index in [1.807, 2.05) is 44.2 Å². The van der Waals surface area contributed by atoms with E-state index in [0.29, 0.717) is 11.3 Å². The molecule has 0 heterocycles. The molecule has 0 spiro atoms. The van der Waals surface area contributed by atoms with Crippen LogP contribution in [0.4, 0.5) is 5.69 Å². The van der Waals surface area contributed by atoms with Crippen molar-refractivity contribution in [3.63, 3.8) is 0 Å². The van der Waals surface area contributed by atoms with Crippen LogP contribution < -0.4 is 0 Å². The van der Waals surface area contributed by atoms with Gasteiger partial charge >= 0.3 is 0 Å². The smallest absolute Gasteiger partial charge is 0.190 e.